The number of sulfone groups is 1. The van der Waals surface area contributed by atoms with Crippen LogP contribution in [-0.4, -0.2) is 93.7 Å². The lowest BCUT2D eigenvalue weighted by atomic mass is 10.0. The molecule has 1 unspecified atom stereocenters. The second-order valence-electron chi connectivity index (χ2n) is 9.00. The number of benzene rings is 1. The van der Waals surface area contributed by atoms with Crippen molar-refractivity contribution in [1.29, 1.82) is 0 Å². The first-order chi connectivity index (χ1) is 14.7. The largest absolute Gasteiger partial charge is 0.336 e. The molecule has 31 heavy (non-hydrogen) atoms. The Morgan fingerprint density at radius 3 is 2.10 bits per heavy atom. The van der Waals surface area contributed by atoms with Gasteiger partial charge >= 0.3 is 0 Å². The summed E-state index contributed by atoms with van der Waals surface area (Å²) >= 11 is 0. The Balaban J connectivity index is 1.36. The molecule has 0 saturated carbocycles. The molecule has 3 saturated heterocycles. The summed E-state index contributed by atoms with van der Waals surface area (Å²) in [5, 5.41) is 0. The minimum Gasteiger partial charge on any atom is -0.336 e. The lowest BCUT2D eigenvalue weighted by Crippen LogP contribution is -2.52. The molecule has 8 nitrogen and oxygen atoms in total. The van der Waals surface area contributed by atoms with E-state index in [-0.39, 0.29) is 28.4 Å². The second-order valence-corrected chi connectivity index (χ2v) is 13.2. The van der Waals surface area contributed by atoms with Crippen molar-refractivity contribution in [3.05, 3.63) is 29.8 Å². The van der Waals surface area contributed by atoms with Crippen molar-refractivity contribution in [2.45, 2.75) is 37.1 Å². The summed E-state index contributed by atoms with van der Waals surface area (Å²) in [6, 6.07) is 6.31. The quantitative estimate of drug-likeness (QED) is 0.654. The van der Waals surface area contributed by atoms with Gasteiger partial charge in [0.15, 0.2) is 9.84 Å². The molecular formula is C21H31N3O5S2. The van der Waals surface area contributed by atoms with Gasteiger partial charge in [-0.2, -0.15) is 4.31 Å². The highest BCUT2D eigenvalue weighted by Crippen LogP contribution is 2.24. The second kappa shape index (κ2) is 8.80. The first-order valence-electron chi connectivity index (χ1n) is 11.0. The van der Waals surface area contributed by atoms with Gasteiger partial charge in [-0.1, -0.05) is 6.92 Å². The number of sulfonamides is 1. The summed E-state index contributed by atoms with van der Waals surface area (Å²) in [4.78, 5) is 17.0. The zero-order valence-corrected chi connectivity index (χ0v) is 19.6. The third kappa shape index (κ3) is 4.97. The fraction of sp³-hybridized carbons (Fsp3) is 0.667. The van der Waals surface area contributed by atoms with Gasteiger partial charge in [0.1, 0.15) is 0 Å². The van der Waals surface area contributed by atoms with E-state index in [2.05, 4.69) is 11.8 Å². The summed E-state index contributed by atoms with van der Waals surface area (Å²) in [7, 11) is -6.45. The number of piperidine rings is 1. The van der Waals surface area contributed by atoms with Gasteiger partial charge in [-0.05, 0) is 49.4 Å². The van der Waals surface area contributed by atoms with Crippen LogP contribution in [0.5, 0.6) is 0 Å². The highest BCUT2D eigenvalue weighted by molar-refractivity contribution is 7.91. The van der Waals surface area contributed by atoms with Gasteiger partial charge in [0.2, 0.25) is 10.0 Å². The number of carbonyl (C=O) groups is 1. The number of carbonyl (C=O) groups excluding carboxylic acids is 1. The molecule has 0 aromatic heterocycles. The Hall–Kier alpha value is -1.49. The van der Waals surface area contributed by atoms with Crippen molar-refractivity contribution in [3.8, 4) is 0 Å². The van der Waals surface area contributed by atoms with E-state index < -0.39 is 19.9 Å². The van der Waals surface area contributed by atoms with Crippen LogP contribution in [0.15, 0.2) is 29.2 Å². The first kappa shape index (κ1) is 22.7. The minimum absolute atomic E-state index is 0.0597. The predicted octanol–water partition coefficient (Wildman–Crippen LogP) is 1.05. The van der Waals surface area contributed by atoms with Crippen LogP contribution in [0.1, 0.15) is 36.5 Å². The van der Waals surface area contributed by atoms with Crippen molar-refractivity contribution >= 4 is 25.8 Å². The van der Waals surface area contributed by atoms with Crippen LogP contribution < -0.4 is 0 Å². The number of piperazine rings is 1. The molecule has 0 aliphatic carbocycles. The fourth-order valence-corrected chi connectivity index (χ4v) is 7.91. The van der Waals surface area contributed by atoms with Crippen LogP contribution in [0.2, 0.25) is 0 Å². The SMILES string of the molecule is CC1CCN(S(=O)(=O)c2ccc(C(=O)N3CCN(C4CCS(=O)(=O)C4)CC3)cc2)CC1. The molecule has 0 N–H and O–H groups in total. The molecule has 0 bridgehead atoms. The summed E-state index contributed by atoms with van der Waals surface area (Å²) in [6.07, 6.45) is 2.41. The number of hydrogen-bond donors (Lipinski definition) is 0. The van der Waals surface area contributed by atoms with Crippen LogP contribution >= 0.6 is 0 Å². The molecule has 3 aliphatic rings. The molecule has 3 aliphatic heterocycles. The lowest BCUT2D eigenvalue weighted by molar-refractivity contribution is 0.0587. The number of amides is 1. The summed E-state index contributed by atoms with van der Waals surface area (Å²) in [5.41, 5.74) is 0.475. The zero-order chi connectivity index (χ0) is 22.2. The molecule has 3 heterocycles. The Morgan fingerprint density at radius 2 is 1.55 bits per heavy atom. The molecule has 4 rings (SSSR count). The highest BCUT2D eigenvalue weighted by atomic mass is 32.2. The zero-order valence-electron chi connectivity index (χ0n) is 17.9. The van der Waals surface area contributed by atoms with Gasteiger partial charge in [0, 0.05) is 50.9 Å². The third-order valence-corrected chi connectivity index (χ3v) is 10.5. The van der Waals surface area contributed by atoms with E-state index in [0.717, 1.165) is 12.8 Å². The molecule has 3 fully saturated rings. The monoisotopic (exact) mass is 469 g/mol. The smallest absolute Gasteiger partial charge is 0.253 e. The first-order valence-corrected chi connectivity index (χ1v) is 14.3. The maximum absolute atomic E-state index is 12.9. The predicted molar refractivity (Wildman–Crippen MR) is 118 cm³/mol. The van der Waals surface area contributed by atoms with Crippen LogP contribution in [0.3, 0.4) is 0 Å². The van der Waals surface area contributed by atoms with Crippen molar-refractivity contribution in [1.82, 2.24) is 14.1 Å². The Morgan fingerprint density at radius 1 is 0.935 bits per heavy atom. The van der Waals surface area contributed by atoms with Gasteiger partial charge < -0.3 is 4.90 Å². The van der Waals surface area contributed by atoms with Crippen LogP contribution in [0.4, 0.5) is 0 Å². The van der Waals surface area contributed by atoms with Crippen LogP contribution in [-0.2, 0) is 19.9 Å². The molecule has 1 atom stereocenters. The lowest BCUT2D eigenvalue weighted by Gasteiger charge is -2.37. The van der Waals surface area contributed by atoms with E-state index in [1.165, 1.54) is 16.4 Å². The van der Waals surface area contributed by atoms with Crippen LogP contribution in [0, 0.1) is 5.92 Å². The minimum atomic E-state index is -3.53. The molecule has 1 aromatic carbocycles. The molecule has 1 amide bonds. The summed E-state index contributed by atoms with van der Waals surface area (Å²) < 4.78 is 50.7. The van der Waals surface area contributed by atoms with E-state index in [1.54, 1.807) is 17.0 Å². The van der Waals surface area contributed by atoms with E-state index in [0.29, 0.717) is 57.2 Å². The van der Waals surface area contributed by atoms with Crippen molar-refractivity contribution in [2.75, 3.05) is 50.8 Å². The number of rotatable bonds is 4. The van der Waals surface area contributed by atoms with Crippen molar-refractivity contribution in [2.24, 2.45) is 5.92 Å². The standard InChI is InChI=1S/C21H31N3O5S2/c1-17-6-9-24(10-7-17)31(28,29)20-4-2-18(3-5-20)21(25)23-13-11-22(12-14-23)19-8-15-30(26,27)16-19/h2-5,17,19H,6-16H2,1H3. The van der Waals surface area contributed by atoms with Gasteiger partial charge in [-0.15, -0.1) is 0 Å². The normalized spacial score (nSPS) is 26.2. The molecule has 10 heteroatoms. The van der Waals surface area contributed by atoms with Gasteiger partial charge in [0.05, 0.1) is 16.4 Å². The van der Waals surface area contributed by atoms with Crippen LogP contribution in [0.25, 0.3) is 0 Å². The van der Waals surface area contributed by atoms with E-state index in [4.69, 9.17) is 0 Å². The highest BCUT2D eigenvalue weighted by Gasteiger charge is 2.34. The molecule has 0 spiro atoms. The molecule has 0 radical (unpaired) electrons. The molecule has 1 aromatic rings. The third-order valence-electron chi connectivity index (χ3n) is 6.81. The maximum Gasteiger partial charge on any atom is 0.253 e. The van der Waals surface area contributed by atoms with Crippen molar-refractivity contribution < 1.29 is 21.6 Å². The molecule has 172 valence electrons. The average Bonchev–Trinajstić information content (AvgIpc) is 3.13. The number of hydrogen-bond acceptors (Lipinski definition) is 6. The Labute approximate surface area is 185 Å². The Bertz CT molecular complexity index is 1010. The Kier molecular flexibility index (Phi) is 6.44. The summed E-state index contributed by atoms with van der Waals surface area (Å²) in [5.74, 6) is 0.898. The van der Waals surface area contributed by atoms with E-state index in [1.807, 2.05) is 0 Å². The average molecular weight is 470 g/mol. The summed E-state index contributed by atoms with van der Waals surface area (Å²) in [6.45, 7) is 5.62. The number of nitrogens with zero attached hydrogens (tertiary/aromatic N) is 3. The van der Waals surface area contributed by atoms with Crippen molar-refractivity contribution in [3.63, 3.8) is 0 Å². The van der Waals surface area contributed by atoms with E-state index >= 15 is 0 Å². The van der Waals surface area contributed by atoms with Gasteiger partial charge in [-0.3, -0.25) is 9.69 Å². The maximum atomic E-state index is 12.9. The van der Waals surface area contributed by atoms with Gasteiger partial charge in [-0.25, -0.2) is 16.8 Å². The molecular weight excluding hydrogens is 438 g/mol. The fourth-order valence-electron chi connectivity index (χ4n) is 4.68. The van der Waals surface area contributed by atoms with Gasteiger partial charge in [0.25, 0.3) is 5.91 Å². The van der Waals surface area contributed by atoms with E-state index in [9.17, 15) is 21.6 Å². The topological polar surface area (TPSA) is 95.1 Å².